The highest BCUT2D eigenvalue weighted by Crippen LogP contribution is 2.31. The number of hydrogen-bond donors (Lipinski definition) is 0. The van der Waals surface area contributed by atoms with Crippen molar-refractivity contribution in [2.45, 2.75) is 11.2 Å². The van der Waals surface area contributed by atoms with Gasteiger partial charge in [0.05, 0.1) is 0 Å². The maximum absolute atomic E-state index is 12.8. The maximum Gasteiger partial charge on any atom is 0.435 e. The summed E-state index contributed by atoms with van der Waals surface area (Å²) >= 11 is 1.34. The minimum atomic E-state index is -4.57. The molecule has 0 bridgehead atoms. The van der Waals surface area contributed by atoms with E-state index in [-0.39, 0.29) is 18.4 Å². The van der Waals surface area contributed by atoms with Gasteiger partial charge in [0, 0.05) is 12.3 Å². The van der Waals surface area contributed by atoms with E-state index in [9.17, 15) is 13.2 Å². The first-order chi connectivity index (χ1) is 9.95. The zero-order valence-corrected chi connectivity index (χ0v) is 11.8. The molecule has 0 spiro atoms. The van der Waals surface area contributed by atoms with E-state index >= 15 is 0 Å². The zero-order valence-electron chi connectivity index (χ0n) is 11.0. The molecule has 0 atom stereocenters. The highest BCUT2D eigenvalue weighted by molar-refractivity contribution is 7.98. The summed E-state index contributed by atoms with van der Waals surface area (Å²) in [7, 11) is 0. The molecule has 2 aromatic rings. The topological polar surface area (TPSA) is 52.8 Å². The van der Waals surface area contributed by atoms with Crippen molar-refractivity contribution in [1.29, 1.82) is 0 Å². The van der Waals surface area contributed by atoms with E-state index < -0.39 is 11.9 Å². The summed E-state index contributed by atoms with van der Waals surface area (Å²) in [6, 6.07) is 2.45. The van der Waals surface area contributed by atoms with E-state index in [1.807, 2.05) is 0 Å². The lowest BCUT2D eigenvalue weighted by Crippen LogP contribution is -2.10. The SMILES string of the molecule is C=CCOc1cc(C(F)(F)F)nn1-c1nccc(SC)n1. The summed E-state index contributed by atoms with van der Waals surface area (Å²) in [5.41, 5.74) is -1.07. The van der Waals surface area contributed by atoms with Crippen LogP contribution < -0.4 is 4.74 Å². The normalized spacial score (nSPS) is 11.4. The van der Waals surface area contributed by atoms with Crippen molar-refractivity contribution in [3.8, 4) is 11.8 Å². The second-order valence-corrected chi connectivity index (χ2v) is 4.60. The summed E-state index contributed by atoms with van der Waals surface area (Å²) < 4.78 is 44.4. The Morgan fingerprint density at radius 2 is 2.24 bits per heavy atom. The molecule has 0 saturated heterocycles. The van der Waals surface area contributed by atoms with Gasteiger partial charge in [0.15, 0.2) is 5.69 Å². The van der Waals surface area contributed by atoms with Crippen molar-refractivity contribution in [1.82, 2.24) is 19.7 Å². The first kappa shape index (κ1) is 15.4. The van der Waals surface area contributed by atoms with Crippen LogP contribution in [0.25, 0.3) is 5.95 Å². The van der Waals surface area contributed by atoms with Gasteiger partial charge in [-0.1, -0.05) is 12.7 Å². The Labute approximate surface area is 122 Å². The van der Waals surface area contributed by atoms with Crippen LogP contribution in [0, 0.1) is 0 Å². The molecule has 0 aliphatic heterocycles. The predicted molar refractivity (Wildman–Crippen MR) is 71.6 cm³/mol. The van der Waals surface area contributed by atoms with Crippen LogP contribution in [0.5, 0.6) is 5.88 Å². The van der Waals surface area contributed by atoms with E-state index in [0.29, 0.717) is 5.03 Å². The summed E-state index contributed by atoms with van der Waals surface area (Å²) in [6.07, 6.45) is 0.0876. The van der Waals surface area contributed by atoms with Gasteiger partial charge in [0.25, 0.3) is 5.95 Å². The van der Waals surface area contributed by atoms with Crippen LogP contribution in [0.15, 0.2) is 36.0 Å². The van der Waals surface area contributed by atoms with Crippen LogP contribution in [-0.4, -0.2) is 32.6 Å². The smallest absolute Gasteiger partial charge is 0.435 e. The Balaban J connectivity index is 2.48. The number of thioether (sulfide) groups is 1. The van der Waals surface area contributed by atoms with Crippen LogP contribution >= 0.6 is 11.8 Å². The van der Waals surface area contributed by atoms with Gasteiger partial charge >= 0.3 is 6.18 Å². The first-order valence-electron chi connectivity index (χ1n) is 5.74. The monoisotopic (exact) mass is 316 g/mol. The molecule has 0 aromatic carbocycles. The van der Waals surface area contributed by atoms with E-state index in [1.54, 1.807) is 12.3 Å². The molecule has 2 aromatic heterocycles. The molecule has 0 fully saturated rings. The van der Waals surface area contributed by atoms with Crippen molar-refractivity contribution in [3.63, 3.8) is 0 Å². The van der Waals surface area contributed by atoms with Crippen LogP contribution in [0.3, 0.4) is 0 Å². The molecular formula is C12H11F3N4OS. The summed E-state index contributed by atoms with van der Waals surface area (Å²) in [4.78, 5) is 8.03. The molecule has 0 unspecified atom stereocenters. The Hall–Kier alpha value is -2.03. The Kier molecular flexibility index (Phi) is 4.51. The molecule has 0 amide bonds. The van der Waals surface area contributed by atoms with E-state index in [1.165, 1.54) is 24.0 Å². The summed E-state index contributed by atoms with van der Waals surface area (Å²) in [6.45, 7) is 3.50. The molecule has 2 rings (SSSR count). The van der Waals surface area contributed by atoms with Crippen LogP contribution in [0.2, 0.25) is 0 Å². The van der Waals surface area contributed by atoms with Crippen LogP contribution in [0.1, 0.15) is 5.69 Å². The highest BCUT2D eigenvalue weighted by Gasteiger charge is 2.35. The van der Waals surface area contributed by atoms with Gasteiger partial charge in [0.1, 0.15) is 11.6 Å². The third kappa shape index (κ3) is 3.54. The fourth-order valence-corrected chi connectivity index (χ4v) is 1.81. The number of alkyl halides is 3. The number of rotatable bonds is 5. The van der Waals surface area contributed by atoms with Gasteiger partial charge in [-0.2, -0.15) is 23.0 Å². The Bertz CT molecular complexity index is 642. The third-order valence-electron chi connectivity index (χ3n) is 2.33. The number of nitrogens with zero attached hydrogens (tertiary/aromatic N) is 4. The fourth-order valence-electron chi connectivity index (χ4n) is 1.44. The second kappa shape index (κ2) is 6.17. The average molecular weight is 316 g/mol. The molecule has 0 radical (unpaired) electrons. The van der Waals surface area contributed by atoms with Crippen molar-refractivity contribution >= 4 is 11.8 Å². The van der Waals surface area contributed by atoms with Crippen molar-refractivity contribution in [2.24, 2.45) is 0 Å². The highest BCUT2D eigenvalue weighted by atomic mass is 32.2. The molecule has 9 heteroatoms. The van der Waals surface area contributed by atoms with E-state index in [2.05, 4.69) is 21.6 Å². The Morgan fingerprint density at radius 3 is 2.86 bits per heavy atom. The van der Waals surface area contributed by atoms with Gasteiger partial charge in [0.2, 0.25) is 5.88 Å². The van der Waals surface area contributed by atoms with Gasteiger partial charge in [-0.3, -0.25) is 0 Å². The second-order valence-electron chi connectivity index (χ2n) is 3.78. The van der Waals surface area contributed by atoms with Gasteiger partial charge < -0.3 is 4.74 Å². The van der Waals surface area contributed by atoms with Crippen LogP contribution in [0.4, 0.5) is 13.2 Å². The fraction of sp³-hybridized carbons (Fsp3) is 0.250. The standard InChI is InChI=1S/C12H11F3N4OS/c1-3-6-20-10-7-8(12(13,14)15)18-19(10)11-16-5-4-9(17-11)21-2/h3-5,7H,1,6H2,2H3. The minimum Gasteiger partial charge on any atom is -0.473 e. The third-order valence-corrected chi connectivity index (χ3v) is 2.98. The lowest BCUT2D eigenvalue weighted by molar-refractivity contribution is -0.141. The molecule has 21 heavy (non-hydrogen) atoms. The van der Waals surface area contributed by atoms with Gasteiger partial charge in [-0.05, 0) is 12.3 Å². The molecule has 0 saturated carbocycles. The van der Waals surface area contributed by atoms with Gasteiger partial charge in [-0.25, -0.2) is 9.97 Å². The maximum atomic E-state index is 12.8. The largest absolute Gasteiger partial charge is 0.473 e. The number of ether oxygens (including phenoxy) is 1. The Morgan fingerprint density at radius 1 is 1.48 bits per heavy atom. The number of hydrogen-bond acceptors (Lipinski definition) is 5. The molecular weight excluding hydrogens is 305 g/mol. The first-order valence-corrected chi connectivity index (χ1v) is 6.96. The zero-order chi connectivity index (χ0) is 15.5. The molecule has 0 aliphatic carbocycles. The lowest BCUT2D eigenvalue weighted by Gasteiger charge is -2.06. The van der Waals surface area contributed by atoms with Gasteiger partial charge in [-0.15, -0.1) is 11.8 Å². The van der Waals surface area contributed by atoms with Crippen molar-refractivity contribution in [2.75, 3.05) is 12.9 Å². The van der Waals surface area contributed by atoms with Crippen LogP contribution in [-0.2, 0) is 6.18 Å². The number of halogens is 3. The molecule has 0 aliphatic rings. The number of aromatic nitrogens is 4. The molecule has 112 valence electrons. The van der Waals surface area contributed by atoms with Crippen molar-refractivity contribution in [3.05, 3.63) is 36.7 Å². The predicted octanol–water partition coefficient (Wildman–Crippen LogP) is 2.97. The molecule has 0 N–H and O–H groups in total. The summed E-state index contributed by atoms with van der Waals surface area (Å²) in [5.74, 6) is -0.0862. The molecule has 5 nitrogen and oxygen atoms in total. The average Bonchev–Trinajstić information content (AvgIpc) is 2.89. The summed E-state index contributed by atoms with van der Waals surface area (Å²) in [5, 5.41) is 4.09. The lowest BCUT2D eigenvalue weighted by atomic mass is 10.4. The molecule has 2 heterocycles. The quantitative estimate of drug-likeness (QED) is 0.482. The van der Waals surface area contributed by atoms with E-state index in [4.69, 9.17) is 4.74 Å². The van der Waals surface area contributed by atoms with E-state index in [0.717, 1.165) is 10.7 Å². The van der Waals surface area contributed by atoms with Crippen molar-refractivity contribution < 1.29 is 17.9 Å². The minimum absolute atomic E-state index is 0.0106.